The molecule has 1 aromatic carbocycles. The van der Waals surface area contributed by atoms with Crippen LogP contribution in [0.15, 0.2) is 44.8 Å². The Balaban J connectivity index is 1.51. The molecule has 1 aliphatic heterocycles. The Hall–Kier alpha value is -1.44. The van der Waals surface area contributed by atoms with Gasteiger partial charge in [0.05, 0.1) is 11.1 Å². The van der Waals surface area contributed by atoms with Crippen molar-refractivity contribution in [3.8, 4) is 0 Å². The third kappa shape index (κ3) is 4.93. The Morgan fingerprint density at radius 3 is 2.82 bits per heavy atom. The first-order valence-corrected chi connectivity index (χ1v) is 11.5. The van der Waals surface area contributed by atoms with Gasteiger partial charge in [-0.3, -0.25) is 0 Å². The van der Waals surface area contributed by atoms with Crippen LogP contribution in [0.2, 0.25) is 0 Å². The third-order valence-electron chi connectivity index (χ3n) is 5.44. The molecule has 5 nitrogen and oxygen atoms in total. The van der Waals surface area contributed by atoms with Crippen LogP contribution in [0.1, 0.15) is 56.9 Å². The van der Waals surface area contributed by atoms with Crippen molar-refractivity contribution < 1.29 is 5.11 Å². The van der Waals surface area contributed by atoms with E-state index in [1.54, 1.807) is 18.0 Å². The quantitative estimate of drug-likeness (QED) is 0.616. The second kappa shape index (κ2) is 8.93. The summed E-state index contributed by atoms with van der Waals surface area (Å²) >= 11 is 5.33. The highest BCUT2D eigenvalue weighted by Crippen LogP contribution is 2.39. The van der Waals surface area contributed by atoms with Gasteiger partial charge in [0.15, 0.2) is 5.82 Å². The van der Waals surface area contributed by atoms with E-state index in [-0.39, 0.29) is 6.10 Å². The van der Waals surface area contributed by atoms with Crippen LogP contribution in [0.25, 0.3) is 0 Å². The lowest BCUT2D eigenvalue weighted by molar-refractivity contribution is 0.126. The first-order chi connectivity index (χ1) is 13.6. The van der Waals surface area contributed by atoms with Gasteiger partial charge in [0, 0.05) is 27.7 Å². The number of nitrogens with zero attached hydrogens (tertiary/aromatic N) is 3. The smallest absolute Gasteiger partial charge is 0.224 e. The van der Waals surface area contributed by atoms with Crippen LogP contribution in [0, 0.1) is 0 Å². The highest BCUT2D eigenvalue weighted by atomic mass is 79.9. The monoisotopic (exact) mass is 460 g/mol. The highest BCUT2D eigenvalue weighted by Gasteiger charge is 2.21. The van der Waals surface area contributed by atoms with Gasteiger partial charge >= 0.3 is 0 Å². The number of hydrogen-bond donors (Lipinski definition) is 2. The summed E-state index contributed by atoms with van der Waals surface area (Å²) in [7, 11) is 0. The number of thioether (sulfide) groups is 1. The molecule has 2 aromatic rings. The molecular formula is C21H25BrN4OS. The van der Waals surface area contributed by atoms with Gasteiger partial charge in [-0.05, 0) is 62.1 Å². The Labute approximate surface area is 178 Å². The van der Waals surface area contributed by atoms with E-state index in [2.05, 4.69) is 56.3 Å². The van der Waals surface area contributed by atoms with Gasteiger partial charge in [-0.2, -0.15) is 4.98 Å². The number of nitrogens with one attached hydrogen (secondary N) is 1. The van der Waals surface area contributed by atoms with Crippen molar-refractivity contribution in [2.45, 2.75) is 68.4 Å². The molecule has 2 aliphatic rings. The summed E-state index contributed by atoms with van der Waals surface area (Å²) in [6.45, 7) is 2.28. The minimum Gasteiger partial charge on any atom is -0.393 e. The topological polar surface area (TPSA) is 70.4 Å². The molecule has 7 heteroatoms. The number of aliphatic hydroxyl groups excluding tert-OH is 1. The van der Waals surface area contributed by atoms with E-state index < -0.39 is 0 Å². The predicted molar refractivity (Wildman–Crippen MR) is 119 cm³/mol. The molecule has 1 fully saturated rings. The van der Waals surface area contributed by atoms with Crippen LogP contribution in [0.3, 0.4) is 0 Å². The van der Waals surface area contributed by atoms with Crippen molar-refractivity contribution >= 4 is 44.5 Å². The van der Waals surface area contributed by atoms with Gasteiger partial charge in [-0.1, -0.05) is 40.7 Å². The fourth-order valence-corrected chi connectivity index (χ4v) is 5.47. The number of aliphatic imine (C=N–C) groups is 1. The molecule has 148 valence electrons. The van der Waals surface area contributed by atoms with Gasteiger partial charge in [0.1, 0.15) is 0 Å². The van der Waals surface area contributed by atoms with Gasteiger partial charge in [-0.15, -0.1) is 0 Å². The van der Waals surface area contributed by atoms with E-state index in [1.165, 1.54) is 10.5 Å². The number of benzene rings is 1. The second-order valence-electron chi connectivity index (χ2n) is 7.62. The van der Waals surface area contributed by atoms with Crippen molar-refractivity contribution in [3.05, 3.63) is 40.5 Å². The SMILES string of the molecule is CC1CCC(=Nc2ccnc(NC3CCC(O)CC3)n2)Sc2cc(Br)ccc21. The van der Waals surface area contributed by atoms with Gasteiger partial charge in [0.2, 0.25) is 5.95 Å². The maximum atomic E-state index is 9.67. The lowest BCUT2D eigenvalue weighted by Crippen LogP contribution is -2.28. The zero-order valence-corrected chi connectivity index (χ0v) is 18.3. The van der Waals surface area contributed by atoms with Crippen LogP contribution in [0.5, 0.6) is 0 Å². The third-order valence-corrected chi connectivity index (χ3v) is 7.03. The van der Waals surface area contributed by atoms with E-state index in [0.29, 0.717) is 23.7 Å². The molecule has 2 heterocycles. The van der Waals surface area contributed by atoms with Crippen molar-refractivity contribution in [2.75, 3.05) is 5.32 Å². The van der Waals surface area contributed by atoms with Crippen molar-refractivity contribution in [1.29, 1.82) is 0 Å². The highest BCUT2D eigenvalue weighted by molar-refractivity contribution is 9.10. The number of aliphatic hydroxyl groups is 1. The first kappa shape index (κ1) is 19.9. The number of hydrogen-bond acceptors (Lipinski definition) is 6. The van der Waals surface area contributed by atoms with Crippen molar-refractivity contribution in [3.63, 3.8) is 0 Å². The zero-order valence-electron chi connectivity index (χ0n) is 15.9. The average molecular weight is 461 g/mol. The second-order valence-corrected chi connectivity index (χ2v) is 9.65. The minimum absolute atomic E-state index is 0.158. The molecule has 1 aliphatic carbocycles. The summed E-state index contributed by atoms with van der Waals surface area (Å²) in [5.41, 5.74) is 1.39. The van der Waals surface area contributed by atoms with Crippen molar-refractivity contribution in [1.82, 2.24) is 9.97 Å². The standard InChI is InChI=1S/C21H25BrN4OS/c1-13-2-9-20(28-18-12-14(22)3-8-17(13)18)25-19-10-11-23-21(26-19)24-15-4-6-16(27)7-5-15/h3,8,10-13,15-16,27H,2,4-7,9H2,1H3,(H,23,24,26). The maximum Gasteiger partial charge on any atom is 0.224 e. The molecular weight excluding hydrogens is 436 g/mol. The number of rotatable bonds is 3. The molecule has 1 atom stereocenters. The van der Waals surface area contributed by atoms with Gasteiger partial charge in [-0.25, -0.2) is 9.98 Å². The molecule has 1 unspecified atom stereocenters. The molecule has 0 amide bonds. The van der Waals surface area contributed by atoms with E-state index in [9.17, 15) is 5.11 Å². The normalized spacial score (nSPS) is 26.5. The lowest BCUT2D eigenvalue weighted by Gasteiger charge is -2.26. The molecule has 0 bridgehead atoms. The Morgan fingerprint density at radius 1 is 1.18 bits per heavy atom. The van der Waals surface area contributed by atoms with Crippen LogP contribution in [-0.2, 0) is 0 Å². The lowest BCUT2D eigenvalue weighted by atomic mass is 9.93. The zero-order chi connectivity index (χ0) is 19.5. The summed E-state index contributed by atoms with van der Waals surface area (Å²) < 4.78 is 1.10. The summed E-state index contributed by atoms with van der Waals surface area (Å²) in [4.78, 5) is 15.1. The summed E-state index contributed by atoms with van der Waals surface area (Å²) in [5.74, 6) is 1.84. The molecule has 0 saturated heterocycles. The molecule has 1 aromatic heterocycles. The molecule has 0 radical (unpaired) electrons. The summed E-state index contributed by atoms with van der Waals surface area (Å²) in [6.07, 6.45) is 7.21. The average Bonchev–Trinajstić information content (AvgIpc) is 2.82. The van der Waals surface area contributed by atoms with E-state index >= 15 is 0 Å². The van der Waals surface area contributed by atoms with Gasteiger partial charge in [0.25, 0.3) is 0 Å². The minimum atomic E-state index is -0.158. The molecule has 2 N–H and O–H groups in total. The van der Waals surface area contributed by atoms with E-state index in [0.717, 1.165) is 48.0 Å². The fourth-order valence-electron chi connectivity index (χ4n) is 3.77. The maximum absolute atomic E-state index is 9.67. The number of anilines is 1. The fraction of sp³-hybridized carbons (Fsp3) is 0.476. The Bertz CT molecular complexity index is 867. The summed E-state index contributed by atoms with van der Waals surface area (Å²) in [6, 6.07) is 8.70. The van der Waals surface area contributed by atoms with Crippen LogP contribution in [0.4, 0.5) is 11.8 Å². The molecule has 4 rings (SSSR count). The Kier molecular flexibility index (Phi) is 6.33. The van der Waals surface area contributed by atoms with Crippen LogP contribution >= 0.6 is 27.7 Å². The number of fused-ring (bicyclic) bond motifs is 1. The molecule has 0 spiro atoms. The first-order valence-electron chi connectivity index (χ1n) is 9.89. The van der Waals surface area contributed by atoms with Crippen molar-refractivity contribution in [2.24, 2.45) is 4.99 Å². The predicted octanol–water partition coefficient (Wildman–Crippen LogP) is 5.67. The number of halogens is 1. The van der Waals surface area contributed by atoms with Gasteiger partial charge < -0.3 is 10.4 Å². The number of aromatic nitrogens is 2. The van der Waals surface area contributed by atoms with E-state index in [1.807, 2.05) is 6.07 Å². The van der Waals surface area contributed by atoms with E-state index in [4.69, 9.17) is 4.99 Å². The Morgan fingerprint density at radius 2 is 2.00 bits per heavy atom. The molecule has 1 saturated carbocycles. The summed E-state index contributed by atoms with van der Waals surface area (Å²) in [5, 5.41) is 14.2. The molecule has 28 heavy (non-hydrogen) atoms. The van der Waals surface area contributed by atoms with Crippen LogP contribution in [-0.4, -0.2) is 32.3 Å². The largest absolute Gasteiger partial charge is 0.393 e. The van der Waals surface area contributed by atoms with Crippen LogP contribution < -0.4 is 5.32 Å².